The Kier molecular flexibility index (Phi) is 6.17. The predicted octanol–water partition coefficient (Wildman–Crippen LogP) is 7.03. The third-order valence-electron chi connectivity index (χ3n) is 6.05. The molecule has 0 spiro atoms. The van der Waals surface area contributed by atoms with Crippen LogP contribution in [0.2, 0.25) is 0 Å². The number of thiazole rings is 1. The van der Waals surface area contributed by atoms with Crippen LogP contribution in [0.25, 0.3) is 20.8 Å². The molecule has 1 N–H and O–H groups in total. The van der Waals surface area contributed by atoms with Crippen molar-refractivity contribution in [1.29, 1.82) is 0 Å². The minimum atomic E-state index is -0.185. The number of ether oxygens (including phenoxy) is 1. The Morgan fingerprint density at radius 1 is 0.938 bits per heavy atom. The Hall–Kier alpha value is -3.18. The van der Waals surface area contributed by atoms with E-state index in [1.165, 1.54) is 37.7 Å². The Morgan fingerprint density at radius 3 is 2.50 bits per heavy atom. The lowest BCUT2D eigenvalue weighted by atomic mass is 9.84. The van der Waals surface area contributed by atoms with Gasteiger partial charge in [0.25, 0.3) is 5.91 Å². The summed E-state index contributed by atoms with van der Waals surface area (Å²) in [5.41, 5.74) is 4.01. The monoisotopic (exact) mass is 442 g/mol. The zero-order valence-electron chi connectivity index (χ0n) is 17.9. The minimum Gasteiger partial charge on any atom is -0.484 e. The Bertz CT molecular complexity index is 1180. The fourth-order valence-corrected chi connectivity index (χ4v) is 5.38. The van der Waals surface area contributed by atoms with Gasteiger partial charge in [0.05, 0.1) is 15.9 Å². The topological polar surface area (TPSA) is 51.2 Å². The molecule has 1 aliphatic carbocycles. The zero-order valence-corrected chi connectivity index (χ0v) is 18.7. The second-order valence-corrected chi connectivity index (χ2v) is 9.30. The van der Waals surface area contributed by atoms with E-state index in [1.807, 2.05) is 54.6 Å². The van der Waals surface area contributed by atoms with Crippen molar-refractivity contribution in [2.24, 2.45) is 0 Å². The number of nitrogens with zero attached hydrogens (tertiary/aromatic N) is 1. The first kappa shape index (κ1) is 20.7. The van der Waals surface area contributed by atoms with Crippen LogP contribution >= 0.6 is 11.3 Å². The molecule has 5 heteroatoms. The molecular weight excluding hydrogens is 416 g/mol. The normalized spacial score (nSPS) is 14.4. The van der Waals surface area contributed by atoms with Crippen LogP contribution in [0, 0.1) is 0 Å². The van der Waals surface area contributed by atoms with Gasteiger partial charge in [-0.2, -0.15) is 0 Å². The molecule has 1 aromatic heterocycles. The number of benzene rings is 3. The molecule has 0 atom stereocenters. The summed E-state index contributed by atoms with van der Waals surface area (Å²) in [6.07, 6.45) is 6.55. The van der Waals surface area contributed by atoms with Crippen LogP contribution in [0.3, 0.4) is 0 Å². The van der Waals surface area contributed by atoms with Crippen molar-refractivity contribution in [3.05, 3.63) is 78.4 Å². The van der Waals surface area contributed by atoms with Crippen LogP contribution in [-0.4, -0.2) is 17.5 Å². The Labute approximate surface area is 192 Å². The number of hydrogen-bond acceptors (Lipinski definition) is 4. The molecule has 1 aliphatic rings. The van der Waals surface area contributed by atoms with Crippen molar-refractivity contribution < 1.29 is 9.53 Å². The molecule has 0 radical (unpaired) electrons. The van der Waals surface area contributed by atoms with Crippen molar-refractivity contribution in [1.82, 2.24) is 4.98 Å². The van der Waals surface area contributed by atoms with E-state index < -0.39 is 0 Å². The molecule has 3 aromatic carbocycles. The number of anilines is 1. The van der Waals surface area contributed by atoms with Crippen molar-refractivity contribution in [2.75, 3.05) is 11.9 Å². The second-order valence-electron chi connectivity index (χ2n) is 8.27. The van der Waals surface area contributed by atoms with Gasteiger partial charge in [-0.05, 0) is 60.7 Å². The summed E-state index contributed by atoms with van der Waals surface area (Å²) in [7, 11) is 0. The van der Waals surface area contributed by atoms with Gasteiger partial charge >= 0.3 is 0 Å². The van der Waals surface area contributed by atoms with Gasteiger partial charge in [-0.1, -0.05) is 55.7 Å². The summed E-state index contributed by atoms with van der Waals surface area (Å²) in [5, 5.41) is 3.88. The van der Waals surface area contributed by atoms with Crippen molar-refractivity contribution >= 4 is 33.1 Å². The highest BCUT2D eigenvalue weighted by Gasteiger charge is 2.16. The van der Waals surface area contributed by atoms with Gasteiger partial charge in [0.2, 0.25) is 0 Å². The molecule has 162 valence electrons. The molecule has 4 aromatic rings. The van der Waals surface area contributed by atoms with Crippen molar-refractivity contribution in [3.63, 3.8) is 0 Å². The third-order valence-corrected chi connectivity index (χ3v) is 7.12. The number of carbonyl (C=O) groups excluding carboxylic acids is 1. The van der Waals surface area contributed by atoms with Gasteiger partial charge in [0, 0.05) is 5.56 Å². The summed E-state index contributed by atoms with van der Waals surface area (Å²) in [6.45, 7) is -0.0308. The predicted molar refractivity (Wildman–Crippen MR) is 131 cm³/mol. The number of hydrogen-bond donors (Lipinski definition) is 1. The molecule has 4 nitrogen and oxygen atoms in total. The molecule has 1 saturated carbocycles. The summed E-state index contributed by atoms with van der Waals surface area (Å²) >= 11 is 1.62. The maximum absolute atomic E-state index is 12.6. The molecule has 0 saturated heterocycles. The first-order valence-electron chi connectivity index (χ1n) is 11.2. The SMILES string of the molecule is O=C(COc1ccc(C2CCCCC2)cc1)Nc1ccccc1-c1nc2ccccc2s1. The van der Waals surface area contributed by atoms with Crippen molar-refractivity contribution in [3.8, 4) is 16.3 Å². The molecular formula is C27H26N2O2S. The average molecular weight is 443 g/mol. The van der Waals surface area contributed by atoms with Crippen LogP contribution in [0.4, 0.5) is 5.69 Å². The summed E-state index contributed by atoms with van der Waals surface area (Å²) in [4.78, 5) is 17.3. The van der Waals surface area contributed by atoms with E-state index in [4.69, 9.17) is 9.72 Å². The van der Waals surface area contributed by atoms with E-state index in [2.05, 4.69) is 23.5 Å². The van der Waals surface area contributed by atoms with Crippen LogP contribution < -0.4 is 10.1 Å². The molecule has 5 rings (SSSR count). The van der Waals surface area contributed by atoms with Gasteiger partial charge < -0.3 is 10.1 Å². The maximum Gasteiger partial charge on any atom is 0.262 e. The van der Waals surface area contributed by atoms with Crippen LogP contribution in [0.15, 0.2) is 72.8 Å². The fraction of sp³-hybridized carbons (Fsp3) is 0.259. The van der Waals surface area contributed by atoms with Gasteiger partial charge in [0.1, 0.15) is 10.8 Å². The Morgan fingerprint density at radius 2 is 1.69 bits per heavy atom. The number of nitrogens with one attached hydrogen (secondary N) is 1. The molecule has 0 unspecified atom stereocenters. The molecule has 32 heavy (non-hydrogen) atoms. The number of para-hydroxylation sites is 2. The lowest BCUT2D eigenvalue weighted by molar-refractivity contribution is -0.118. The Balaban J connectivity index is 1.23. The van der Waals surface area contributed by atoms with E-state index in [0.29, 0.717) is 5.92 Å². The van der Waals surface area contributed by atoms with Crippen molar-refractivity contribution in [2.45, 2.75) is 38.0 Å². The highest BCUT2D eigenvalue weighted by molar-refractivity contribution is 7.21. The number of rotatable bonds is 6. The number of amides is 1. The summed E-state index contributed by atoms with van der Waals surface area (Å²) < 4.78 is 6.88. The number of carbonyl (C=O) groups is 1. The highest BCUT2D eigenvalue weighted by Crippen LogP contribution is 2.35. The van der Waals surface area contributed by atoms with Crippen LogP contribution in [0.5, 0.6) is 5.75 Å². The third kappa shape index (κ3) is 4.68. The summed E-state index contributed by atoms with van der Waals surface area (Å²) in [6, 6.07) is 24.1. The molecule has 1 heterocycles. The van der Waals surface area contributed by atoms with Gasteiger partial charge in [-0.25, -0.2) is 4.98 Å². The largest absolute Gasteiger partial charge is 0.484 e. The lowest BCUT2D eigenvalue weighted by Crippen LogP contribution is -2.20. The van der Waals surface area contributed by atoms with E-state index >= 15 is 0 Å². The molecule has 1 fully saturated rings. The molecule has 0 bridgehead atoms. The first-order chi connectivity index (χ1) is 15.8. The second kappa shape index (κ2) is 9.53. The highest BCUT2D eigenvalue weighted by atomic mass is 32.1. The van der Waals surface area contributed by atoms with Gasteiger partial charge in [-0.3, -0.25) is 4.79 Å². The summed E-state index contributed by atoms with van der Waals surface area (Å²) in [5.74, 6) is 1.20. The van der Waals surface area contributed by atoms with E-state index in [0.717, 1.165) is 32.2 Å². The standard InChI is InChI=1S/C27H26N2O2S/c30-26(18-31-21-16-14-20(15-17-21)19-8-2-1-3-9-19)28-23-11-5-4-10-22(23)27-29-24-12-6-7-13-25(24)32-27/h4-7,10-17,19H,1-3,8-9,18H2,(H,28,30). The van der Waals surface area contributed by atoms with E-state index in [1.54, 1.807) is 11.3 Å². The first-order valence-corrected chi connectivity index (χ1v) is 12.1. The zero-order chi connectivity index (χ0) is 21.8. The lowest BCUT2D eigenvalue weighted by Gasteiger charge is -2.22. The molecule has 1 amide bonds. The van der Waals surface area contributed by atoms with Crippen LogP contribution in [0.1, 0.15) is 43.6 Å². The van der Waals surface area contributed by atoms with Gasteiger partial charge in [-0.15, -0.1) is 11.3 Å². The fourth-order valence-electron chi connectivity index (χ4n) is 4.37. The minimum absolute atomic E-state index is 0.0308. The molecule has 0 aliphatic heterocycles. The van der Waals surface area contributed by atoms with E-state index in [9.17, 15) is 4.79 Å². The average Bonchev–Trinajstić information content (AvgIpc) is 3.28. The smallest absolute Gasteiger partial charge is 0.262 e. The quantitative estimate of drug-likeness (QED) is 0.349. The number of fused-ring (bicyclic) bond motifs is 1. The number of aromatic nitrogens is 1. The van der Waals surface area contributed by atoms with Gasteiger partial charge in [0.15, 0.2) is 6.61 Å². The van der Waals surface area contributed by atoms with E-state index in [-0.39, 0.29) is 12.5 Å². The maximum atomic E-state index is 12.6. The van der Waals surface area contributed by atoms with Crippen LogP contribution in [-0.2, 0) is 4.79 Å².